The average Bonchev–Trinajstić information content (AvgIpc) is 3.07. The second-order valence-corrected chi connectivity index (χ2v) is 7.50. The van der Waals surface area contributed by atoms with Gasteiger partial charge in [0.15, 0.2) is 0 Å². The molecule has 1 heterocycles. The van der Waals surface area contributed by atoms with Crippen molar-refractivity contribution in [3.8, 4) is 0 Å². The van der Waals surface area contributed by atoms with E-state index < -0.39 is 0 Å². The predicted molar refractivity (Wildman–Crippen MR) is 100 cm³/mol. The first kappa shape index (κ1) is 17.6. The van der Waals surface area contributed by atoms with Crippen LogP contribution in [0.15, 0.2) is 64.3 Å². The molecule has 0 bridgehead atoms. The van der Waals surface area contributed by atoms with E-state index in [9.17, 15) is 9.18 Å². The van der Waals surface area contributed by atoms with Gasteiger partial charge < -0.3 is 5.32 Å². The predicted octanol–water partition coefficient (Wildman–Crippen LogP) is 4.43. The molecular formula is C19H17FN2OS2. The fourth-order valence-corrected chi connectivity index (χ4v) is 4.05. The Balaban J connectivity index is 1.48. The van der Waals surface area contributed by atoms with Crippen LogP contribution in [-0.4, -0.2) is 10.9 Å². The van der Waals surface area contributed by atoms with E-state index in [0.717, 1.165) is 15.6 Å². The SMILES string of the molecule is O=C(Cc1csc(SCc2ccccc2F)n1)NCc1ccccc1. The van der Waals surface area contributed by atoms with Crippen molar-refractivity contribution >= 4 is 29.0 Å². The smallest absolute Gasteiger partial charge is 0.226 e. The lowest BCUT2D eigenvalue weighted by molar-refractivity contribution is -0.120. The Morgan fingerprint density at radius 1 is 1.12 bits per heavy atom. The summed E-state index contributed by atoms with van der Waals surface area (Å²) in [4.78, 5) is 16.5. The Morgan fingerprint density at radius 3 is 2.68 bits per heavy atom. The van der Waals surface area contributed by atoms with Gasteiger partial charge in [0, 0.05) is 17.7 Å². The highest BCUT2D eigenvalue weighted by molar-refractivity contribution is 8.00. The molecule has 3 rings (SSSR count). The van der Waals surface area contributed by atoms with Crippen molar-refractivity contribution in [3.05, 3.63) is 82.6 Å². The number of aromatic nitrogens is 1. The van der Waals surface area contributed by atoms with Crippen LogP contribution >= 0.6 is 23.1 Å². The molecule has 0 saturated heterocycles. The Morgan fingerprint density at radius 2 is 1.88 bits per heavy atom. The lowest BCUT2D eigenvalue weighted by Crippen LogP contribution is -2.24. The van der Waals surface area contributed by atoms with Gasteiger partial charge in [-0.25, -0.2) is 9.37 Å². The van der Waals surface area contributed by atoms with Crippen LogP contribution in [0.5, 0.6) is 0 Å². The summed E-state index contributed by atoms with van der Waals surface area (Å²) < 4.78 is 14.5. The molecule has 0 unspecified atom stereocenters. The van der Waals surface area contributed by atoms with Crippen LogP contribution in [0.2, 0.25) is 0 Å². The van der Waals surface area contributed by atoms with Gasteiger partial charge in [0.2, 0.25) is 5.91 Å². The number of benzene rings is 2. The summed E-state index contributed by atoms with van der Waals surface area (Å²) in [7, 11) is 0. The standard InChI is InChI=1S/C19H17FN2OS2/c20-17-9-5-4-8-15(17)12-24-19-22-16(13-25-19)10-18(23)21-11-14-6-2-1-3-7-14/h1-9,13H,10-12H2,(H,21,23). The zero-order valence-corrected chi connectivity index (χ0v) is 15.1. The van der Waals surface area contributed by atoms with Crippen LogP contribution in [0.4, 0.5) is 4.39 Å². The molecule has 25 heavy (non-hydrogen) atoms. The van der Waals surface area contributed by atoms with Gasteiger partial charge in [-0.15, -0.1) is 11.3 Å². The molecule has 0 radical (unpaired) electrons. The first-order chi connectivity index (χ1) is 12.2. The molecule has 0 spiro atoms. The minimum Gasteiger partial charge on any atom is -0.352 e. The fraction of sp³-hybridized carbons (Fsp3) is 0.158. The average molecular weight is 372 g/mol. The Kier molecular flexibility index (Phi) is 6.19. The third-order valence-corrected chi connectivity index (χ3v) is 5.63. The van der Waals surface area contributed by atoms with Crippen molar-refractivity contribution in [2.75, 3.05) is 0 Å². The highest BCUT2D eigenvalue weighted by Crippen LogP contribution is 2.27. The number of thioether (sulfide) groups is 1. The van der Waals surface area contributed by atoms with E-state index in [1.54, 1.807) is 12.1 Å². The van der Waals surface area contributed by atoms with Crippen molar-refractivity contribution < 1.29 is 9.18 Å². The molecule has 0 saturated carbocycles. The maximum atomic E-state index is 13.6. The molecule has 0 fully saturated rings. The zero-order valence-electron chi connectivity index (χ0n) is 13.4. The van der Waals surface area contributed by atoms with Gasteiger partial charge in [0.25, 0.3) is 0 Å². The molecule has 1 amide bonds. The number of halogens is 1. The monoisotopic (exact) mass is 372 g/mol. The Bertz CT molecular complexity index is 836. The fourth-order valence-electron chi connectivity index (χ4n) is 2.21. The van der Waals surface area contributed by atoms with Crippen molar-refractivity contribution in [1.82, 2.24) is 10.3 Å². The number of carbonyl (C=O) groups excluding carboxylic acids is 1. The third kappa shape index (κ3) is 5.41. The summed E-state index contributed by atoms with van der Waals surface area (Å²) in [5, 5.41) is 4.77. The number of hydrogen-bond donors (Lipinski definition) is 1. The van der Waals surface area contributed by atoms with Crippen LogP contribution in [0.25, 0.3) is 0 Å². The van der Waals surface area contributed by atoms with Crippen molar-refractivity contribution in [2.45, 2.75) is 23.1 Å². The van der Waals surface area contributed by atoms with Crippen molar-refractivity contribution in [3.63, 3.8) is 0 Å². The van der Waals surface area contributed by atoms with E-state index in [0.29, 0.717) is 17.9 Å². The lowest BCUT2D eigenvalue weighted by Gasteiger charge is -2.04. The van der Waals surface area contributed by atoms with Gasteiger partial charge in [-0.05, 0) is 17.2 Å². The van der Waals surface area contributed by atoms with Crippen LogP contribution in [0.3, 0.4) is 0 Å². The van der Waals surface area contributed by atoms with Gasteiger partial charge in [-0.3, -0.25) is 4.79 Å². The van der Waals surface area contributed by atoms with Gasteiger partial charge in [0.05, 0.1) is 12.1 Å². The summed E-state index contributed by atoms with van der Waals surface area (Å²) >= 11 is 2.96. The highest BCUT2D eigenvalue weighted by Gasteiger charge is 2.09. The molecule has 1 aromatic heterocycles. The normalized spacial score (nSPS) is 10.6. The van der Waals surface area contributed by atoms with Crippen molar-refractivity contribution in [1.29, 1.82) is 0 Å². The van der Waals surface area contributed by atoms with E-state index in [-0.39, 0.29) is 18.1 Å². The second-order valence-electron chi connectivity index (χ2n) is 5.42. The number of amides is 1. The number of carbonyl (C=O) groups is 1. The van der Waals surface area contributed by atoms with E-state index in [4.69, 9.17) is 0 Å². The molecule has 1 N–H and O–H groups in total. The molecule has 2 aromatic carbocycles. The maximum absolute atomic E-state index is 13.6. The quantitative estimate of drug-likeness (QED) is 0.624. The molecule has 3 nitrogen and oxygen atoms in total. The van der Waals surface area contributed by atoms with Gasteiger partial charge in [-0.2, -0.15) is 0 Å². The summed E-state index contributed by atoms with van der Waals surface area (Å²) in [6.45, 7) is 0.513. The number of nitrogens with zero attached hydrogens (tertiary/aromatic N) is 1. The Labute approximate surface area is 154 Å². The van der Waals surface area contributed by atoms with E-state index in [1.807, 2.05) is 41.8 Å². The van der Waals surface area contributed by atoms with E-state index >= 15 is 0 Å². The minimum atomic E-state index is -0.202. The molecule has 0 atom stereocenters. The highest BCUT2D eigenvalue weighted by atomic mass is 32.2. The largest absolute Gasteiger partial charge is 0.352 e. The van der Waals surface area contributed by atoms with Crippen LogP contribution in [0, 0.1) is 5.82 Å². The van der Waals surface area contributed by atoms with Crippen LogP contribution in [0.1, 0.15) is 16.8 Å². The lowest BCUT2D eigenvalue weighted by atomic mass is 10.2. The second kappa shape index (κ2) is 8.78. The van der Waals surface area contributed by atoms with Gasteiger partial charge >= 0.3 is 0 Å². The number of hydrogen-bond acceptors (Lipinski definition) is 4. The summed E-state index contributed by atoms with van der Waals surface area (Å²) in [6.07, 6.45) is 0.254. The summed E-state index contributed by atoms with van der Waals surface area (Å²) in [6, 6.07) is 16.5. The van der Waals surface area contributed by atoms with Gasteiger partial charge in [0.1, 0.15) is 10.2 Å². The van der Waals surface area contributed by atoms with Crippen LogP contribution in [-0.2, 0) is 23.5 Å². The molecule has 3 aromatic rings. The van der Waals surface area contributed by atoms with E-state index in [2.05, 4.69) is 10.3 Å². The van der Waals surface area contributed by atoms with Crippen LogP contribution < -0.4 is 5.32 Å². The number of thiazole rings is 1. The molecule has 6 heteroatoms. The van der Waals surface area contributed by atoms with Crippen molar-refractivity contribution in [2.24, 2.45) is 0 Å². The topological polar surface area (TPSA) is 42.0 Å². The number of nitrogens with one attached hydrogen (secondary N) is 1. The number of rotatable bonds is 7. The minimum absolute atomic E-state index is 0.0557. The first-order valence-corrected chi connectivity index (χ1v) is 9.68. The maximum Gasteiger partial charge on any atom is 0.226 e. The summed E-state index contributed by atoms with van der Waals surface area (Å²) in [5.41, 5.74) is 2.46. The summed E-state index contributed by atoms with van der Waals surface area (Å²) in [5.74, 6) is 0.270. The molecule has 0 aliphatic heterocycles. The Hall–Kier alpha value is -2.18. The molecule has 0 aliphatic carbocycles. The molecular weight excluding hydrogens is 355 g/mol. The molecule has 128 valence electrons. The molecule has 0 aliphatic rings. The van der Waals surface area contributed by atoms with E-state index in [1.165, 1.54) is 29.2 Å². The van der Waals surface area contributed by atoms with Gasteiger partial charge in [-0.1, -0.05) is 60.3 Å². The zero-order chi connectivity index (χ0) is 17.5. The third-order valence-electron chi connectivity index (χ3n) is 3.51. The first-order valence-electron chi connectivity index (χ1n) is 7.82.